The molecule has 1 heterocycles. The average molecular weight is 389 g/mol. The highest BCUT2D eigenvalue weighted by Crippen LogP contribution is 2.43. The number of Topliss-reactive ketones (excluding diaryl/α,β-unsaturated/α-hetero) is 1. The number of aromatic nitrogens is 2. The molecule has 0 spiro atoms. The monoisotopic (exact) mass is 388 g/mol. The molecule has 1 aromatic carbocycles. The standard InChI is InChI=1S/C16H19FN2O.C7H14O/c1-10-18-15-13(17)8-11(16(20)6-3-7-16)9-14(15)19(10)12-4-2-5-12;1-6(8)5-7(2,3)4/h8-9,12,20H,2-7H2,1H3;5H2,1-4H3. The molecule has 5 heteroatoms. The third-order valence-electron chi connectivity index (χ3n) is 5.86. The van der Waals surface area contributed by atoms with Crippen molar-refractivity contribution in [2.75, 3.05) is 0 Å². The van der Waals surface area contributed by atoms with Crippen molar-refractivity contribution >= 4 is 16.8 Å². The van der Waals surface area contributed by atoms with Gasteiger partial charge >= 0.3 is 0 Å². The third-order valence-corrected chi connectivity index (χ3v) is 5.86. The molecule has 2 aliphatic carbocycles. The van der Waals surface area contributed by atoms with E-state index >= 15 is 0 Å². The van der Waals surface area contributed by atoms with Crippen LogP contribution in [0.25, 0.3) is 11.0 Å². The molecule has 2 aliphatic rings. The molecular weight excluding hydrogens is 355 g/mol. The van der Waals surface area contributed by atoms with E-state index in [0.29, 0.717) is 23.5 Å². The molecule has 0 saturated heterocycles. The first kappa shape index (κ1) is 21.0. The van der Waals surface area contributed by atoms with Gasteiger partial charge in [-0.15, -0.1) is 0 Å². The van der Waals surface area contributed by atoms with Gasteiger partial charge in [0.2, 0.25) is 0 Å². The number of fused-ring (bicyclic) bond motifs is 1. The summed E-state index contributed by atoms with van der Waals surface area (Å²) in [5.74, 6) is 0.845. The van der Waals surface area contributed by atoms with Crippen LogP contribution in [-0.2, 0) is 10.4 Å². The van der Waals surface area contributed by atoms with Gasteiger partial charge in [-0.05, 0) is 75.5 Å². The molecule has 2 fully saturated rings. The van der Waals surface area contributed by atoms with E-state index in [1.54, 1.807) is 6.92 Å². The predicted molar refractivity (Wildman–Crippen MR) is 110 cm³/mol. The quantitative estimate of drug-likeness (QED) is 0.745. The summed E-state index contributed by atoms with van der Waals surface area (Å²) in [6, 6.07) is 3.88. The Balaban J connectivity index is 0.000000242. The van der Waals surface area contributed by atoms with Crippen molar-refractivity contribution in [2.45, 2.75) is 91.2 Å². The lowest BCUT2D eigenvalue weighted by molar-refractivity contribution is -0.118. The molecule has 0 bridgehead atoms. The van der Waals surface area contributed by atoms with E-state index in [0.717, 1.165) is 43.4 Å². The lowest BCUT2D eigenvalue weighted by Gasteiger charge is -2.37. The Hall–Kier alpha value is -1.75. The van der Waals surface area contributed by atoms with Gasteiger partial charge in [-0.25, -0.2) is 9.37 Å². The fourth-order valence-electron chi connectivity index (χ4n) is 4.19. The normalized spacial score (nSPS) is 18.8. The zero-order valence-electron chi connectivity index (χ0n) is 17.8. The van der Waals surface area contributed by atoms with Crippen molar-refractivity contribution in [1.82, 2.24) is 9.55 Å². The van der Waals surface area contributed by atoms with Crippen LogP contribution in [0.15, 0.2) is 12.1 Å². The number of hydrogen-bond donors (Lipinski definition) is 1. The van der Waals surface area contributed by atoms with Crippen LogP contribution in [0.3, 0.4) is 0 Å². The molecule has 2 aromatic rings. The molecule has 1 N–H and O–H groups in total. The van der Waals surface area contributed by atoms with Crippen LogP contribution in [0.1, 0.15) is 90.1 Å². The Kier molecular flexibility index (Phi) is 5.68. The van der Waals surface area contributed by atoms with Crippen LogP contribution >= 0.6 is 0 Å². The highest BCUT2D eigenvalue weighted by molar-refractivity contribution is 5.78. The zero-order chi connectivity index (χ0) is 20.7. The van der Waals surface area contributed by atoms with Crippen molar-refractivity contribution in [3.63, 3.8) is 0 Å². The van der Waals surface area contributed by atoms with Crippen LogP contribution in [0, 0.1) is 18.2 Å². The summed E-state index contributed by atoms with van der Waals surface area (Å²) in [5, 5.41) is 10.5. The van der Waals surface area contributed by atoms with E-state index in [2.05, 4.69) is 30.3 Å². The number of ketones is 1. The lowest BCUT2D eigenvalue weighted by atomic mass is 9.75. The number of nitrogens with zero attached hydrogens (tertiary/aromatic N) is 2. The highest BCUT2D eigenvalue weighted by Gasteiger charge is 2.37. The minimum absolute atomic E-state index is 0.172. The van der Waals surface area contributed by atoms with Crippen LogP contribution < -0.4 is 0 Å². The Morgan fingerprint density at radius 3 is 2.32 bits per heavy atom. The number of benzene rings is 1. The largest absolute Gasteiger partial charge is 0.385 e. The van der Waals surface area contributed by atoms with Crippen LogP contribution in [0.4, 0.5) is 4.39 Å². The summed E-state index contributed by atoms with van der Waals surface area (Å²) in [5.41, 5.74) is 1.36. The van der Waals surface area contributed by atoms with Crippen LogP contribution in [0.5, 0.6) is 0 Å². The van der Waals surface area contributed by atoms with Crippen LogP contribution in [0.2, 0.25) is 0 Å². The van der Waals surface area contributed by atoms with E-state index in [4.69, 9.17) is 0 Å². The molecule has 0 radical (unpaired) electrons. The number of hydrogen-bond acceptors (Lipinski definition) is 3. The first-order valence-electron chi connectivity index (χ1n) is 10.4. The van der Waals surface area contributed by atoms with E-state index < -0.39 is 5.60 Å². The second-order valence-corrected chi connectivity index (χ2v) is 9.76. The number of aryl methyl sites for hydroxylation is 1. The third kappa shape index (κ3) is 4.29. The molecule has 0 atom stereocenters. The lowest BCUT2D eigenvalue weighted by Crippen LogP contribution is -2.33. The van der Waals surface area contributed by atoms with Crippen molar-refractivity contribution < 1.29 is 14.3 Å². The Morgan fingerprint density at radius 2 is 1.93 bits per heavy atom. The van der Waals surface area contributed by atoms with Gasteiger partial charge in [0.05, 0.1) is 11.1 Å². The number of carbonyl (C=O) groups excluding carboxylic acids is 1. The van der Waals surface area contributed by atoms with Gasteiger partial charge in [0.1, 0.15) is 17.1 Å². The molecule has 1 aromatic heterocycles. The first-order valence-corrected chi connectivity index (χ1v) is 10.4. The van der Waals surface area contributed by atoms with E-state index in [-0.39, 0.29) is 17.0 Å². The van der Waals surface area contributed by atoms with Gasteiger partial charge in [0.15, 0.2) is 5.82 Å². The Labute approximate surface area is 167 Å². The maximum Gasteiger partial charge on any atom is 0.151 e. The van der Waals surface area contributed by atoms with E-state index in [1.807, 2.05) is 13.0 Å². The minimum Gasteiger partial charge on any atom is -0.385 e. The number of carbonyl (C=O) groups is 1. The molecule has 154 valence electrons. The number of imidazole rings is 1. The maximum absolute atomic E-state index is 14.3. The van der Waals surface area contributed by atoms with Gasteiger partial charge < -0.3 is 14.5 Å². The zero-order valence-corrected chi connectivity index (χ0v) is 17.8. The van der Waals surface area contributed by atoms with Gasteiger partial charge in [0, 0.05) is 12.5 Å². The van der Waals surface area contributed by atoms with Crippen molar-refractivity contribution in [3.05, 3.63) is 29.3 Å². The van der Waals surface area contributed by atoms with Gasteiger partial charge in [-0.3, -0.25) is 0 Å². The summed E-state index contributed by atoms with van der Waals surface area (Å²) in [4.78, 5) is 14.8. The van der Waals surface area contributed by atoms with Crippen molar-refractivity contribution in [3.8, 4) is 0 Å². The molecule has 4 rings (SSSR count). The van der Waals surface area contributed by atoms with Gasteiger partial charge in [-0.1, -0.05) is 20.8 Å². The number of rotatable bonds is 3. The second kappa shape index (κ2) is 7.58. The average Bonchev–Trinajstić information content (AvgIpc) is 2.79. The summed E-state index contributed by atoms with van der Waals surface area (Å²) in [6.07, 6.45) is 6.67. The second-order valence-electron chi connectivity index (χ2n) is 9.76. The van der Waals surface area contributed by atoms with Crippen molar-refractivity contribution in [1.29, 1.82) is 0 Å². The van der Waals surface area contributed by atoms with E-state index in [1.165, 1.54) is 12.5 Å². The minimum atomic E-state index is -0.822. The highest BCUT2D eigenvalue weighted by atomic mass is 19.1. The maximum atomic E-state index is 14.3. The SMILES string of the molecule is CC(=O)CC(C)(C)C.Cc1nc2c(F)cc(C3(O)CCC3)cc2n1C1CCC1. The summed E-state index contributed by atoms with van der Waals surface area (Å²) >= 11 is 0. The summed E-state index contributed by atoms with van der Waals surface area (Å²) in [6.45, 7) is 9.76. The molecular formula is C23H33FN2O2. The summed E-state index contributed by atoms with van der Waals surface area (Å²) < 4.78 is 16.5. The molecule has 2 saturated carbocycles. The first-order chi connectivity index (χ1) is 13.0. The Morgan fingerprint density at radius 1 is 1.29 bits per heavy atom. The molecule has 4 nitrogen and oxygen atoms in total. The van der Waals surface area contributed by atoms with Crippen LogP contribution in [-0.4, -0.2) is 20.4 Å². The fourth-order valence-corrected chi connectivity index (χ4v) is 4.19. The number of halogens is 1. The molecule has 0 unspecified atom stereocenters. The number of aliphatic hydroxyl groups is 1. The van der Waals surface area contributed by atoms with E-state index in [9.17, 15) is 14.3 Å². The topological polar surface area (TPSA) is 55.1 Å². The molecule has 28 heavy (non-hydrogen) atoms. The Bertz CT molecular complexity index is 871. The summed E-state index contributed by atoms with van der Waals surface area (Å²) in [7, 11) is 0. The van der Waals surface area contributed by atoms with Crippen molar-refractivity contribution in [2.24, 2.45) is 5.41 Å². The smallest absolute Gasteiger partial charge is 0.151 e. The molecule has 0 aliphatic heterocycles. The fraction of sp³-hybridized carbons (Fsp3) is 0.652. The molecule has 0 amide bonds. The van der Waals surface area contributed by atoms with Gasteiger partial charge in [-0.2, -0.15) is 0 Å². The predicted octanol–water partition coefficient (Wildman–Crippen LogP) is 5.59. The van der Waals surface area contributed by atoms with Gasteiger partial charge in [0.25, 0.3) is 0 Å².